The molecule has 1 aliphatic heterocycles. The van der Waals surface area contributed by atoms with Gasteiger partial charge in [-0.15, -0.1) is 0 Å². The molecule has 2 nitrogen and oxygen atoms in total. The molecule has 0 radical (unpaired) electrons. The van der Waals surface area contributed by atoms with Gasteiger partial charge in [0.05, 0.1) is 12.9 Å². The Balaban J connectivity index is 2.32. The molecule has 1 aliphatic rings. The predicted molar refractivity (Wildman–Crippen MR) is 36.9 cm³/mol. The first-order chi connectivity index (χ1) is 4.43. The zero-order chi connectivity index (χ0) is 6.53. The van der Waals surface area contributed by atoms with Gasteiger partial charge in [0.2, 0.25) is 0 Å². The van der Waals surface area contributed by atoms with Crippen LogP contribution in [0.2, 0.25) is 0 Å². The predicted octanol–water partition coefficient (Wildman–Crippen LogP) is 1.02. The van der Waals surface area contributed by atoms with E-state index in [2.05, 4.69) is 5.32 Å². The van der Waals surface area contributed by atoms with Crippen molar-refractivity contribution in [3.05, 3.63) is 24.1 Å². The van der Waals surface area contributed by atoms with E-state index in [1.54, 1.807) is 6.26 Å². The van der Waals surface area contributed by atoms with Gasteiger partial charge in [0.1, 0.15) is 0 Å². The molecule has 0 aromatic rings. The van der Waals surface area contributed by atoms with Crippen LogP contribution in [0.4, 0.5) is 0 Å². The lowest BCUT2D eigenvalue weighted by atomic mass is 10.3. The van der Waals surface area contributed by atoms with Gasteiger partial charge in [-0.2, -0.15) is 0 Å². The highest BCUT2D eigenvalue weighted by molar-refractivity contribution is 5.23. The second-order valence-electron chi connectivity index (χ2n) is 1.86. The third kappa shape index (κ3) is 1.80. The molecule has 0 aromatic carbocycles. The van der Waals surface area contributed by atoms with Crippen LogP contribution in [0.25, 0.3) is 0 Å². The normalized spacial score (nSPS) is 20.3. The maximum Gasteiger partial charge on any atom is 0.0879 e. The number of hydrogen-bond acceptors (Lipinski definition) is 2. The fourth-order valence-corrected chi connectivity index (χ4v) is 0.673. The van der Waals surface area contributed by atoms with E-state index in [9.17, 15) is 0 Å². The summed E-state index contributed by atoms with van der Waals surface area (Å²) in [6.45, 7) is 3.63. The van der Waals surface area contributed by atoms with E-state index in [1.807, 2.05) is 19.2 Å². The topological polar surface area (TPSA) is 21.3 Å². The molecule has 0 unspecified atom stereocenters. The van der Waals surface area contributed by atoms with Crippen LogP contribution in [0.1, 0.15) is 6.92 Å². The van der Waals surface area contributed by atoms with Crippen molar-refractivity contribution in [1.29, 1.82) is 0 Å². The maximum atomic E-state index is 5.06. The average molecular weight is 125 g/mol. The van der Waals surface area contributed by atoms with Crippen molar-refractivity contribution in [3.8, 4) is 0 Å². The van der Waals surface area contributed by atoms with E-state index < -0.39 is 0 Å². The highest BCUT2D eigenvalue weighted by atomic mass is 16.5. The summed E-state index contributed by atoms with van der Waals surface area (Å²) >= 11 is 0. The Labute approximate surface area is 55.2 Å². The van der Waals surface area contributed by atoms with Gasteiger partial charge >= 0.3 is 0 Å². The summed E-state index contributed by atoms with van der Waals surface area (Å²) in [7, 11) is 0. The van der Waals surface area contributed by atoms with E-state index in [4.69, 9.17) is 4.74 Å². The minimum Gasteiger partial charge on any atom is -0.501 e. The van der Waals surface area contributed by atoms with Gasteiger partial charge in [-0.3, -0.25) is 0 Å². The molecule has 50 valence electrons. The third-order valence-corrected chi connectivity index (χ3v) is 1.12. The number of ether oxygens (including phenoxy) is 1. The summed E-state index contributed by atoms with van der Waals surface area (Å²) in [4.78, 5) is 0. The molecule has 0 atom stereocenters. The van der Waals surface area contributed by atoms with Gasteiger partial charge in [-0.25, -0.2) is 0 Å². The SMILES string of the molecule is CCOC=C1C=CNC1. The molecule has 0 aliphatic carbocycles. The van der Waals surface area contributed by atoms with E-state index in [-0.39, 0.29) is 0 Å². The minimum absolute atomic E-state index is 0.747. The zero-order valence-corrected chi connectivity index (χ0v) is 5.55. The Bertz CT molecular complexity index is 138. The Hall–Kier alpha value is -0.920. The zero-order valence-electron chi connectivity index (χ0n) is 5.55. The van der Waals surface area contributed by atoms with Crippen LogP contribution in [0, 0.1) is 0 Å². The Morgan fingerprint density at radius 1 is 1.89 bits per heavy atom. The van der Waals surface area contributed by atoms with E-state index in [1.165, 1.54) is 5.57 Å². The van der Waals surface area contributed by atoms with Crippen molar-refractivity contribution in [2.75, 3.05) is 13.2 Å². The fraction of sp³-hybridized carbons (Fsp3) is 0.429. The van der Waals surface area contributed by atoms with Crippen LogP contribution in [0.5, 0.6) is 0 Å². The number of nitrogens with one attached hydrogen (secondary N) is 1. The first-order valence-electron chi connectivity index (χ1n) is 3.14. The van der Waals surface area contributed by atoms with Gasteiger partial charge in [0.25, 0.3) is 0 Å². The average Bonchev–Trinajstić information content (AvgIpc) is 2.34. The monoisotopic (exact) mass is 125 g/mol. The summed E-state index contributed by atoms with van der Waals surface area (Å²) in [5, 5.41) is 3.05. The molecule has 0 aromatic heterocycles. The highest BCUT2D eigenvalue weighted by Gasteiger charge is 1.95. The quantitative estimate of drug-likeness (QED) is 0.556. The van der Waals surface area contributed by atoms with E-state index in [0.717, 1.165) is 13.2 Å². The number of hydrogen-bond donors (Lipinski definition) is 1. The summed E-state index contributed by atoms with van der Waals surface area (Å²) in [6, 6.07) is 0. The van der Waals surface area contributed by atoms with Crippen molar-refractivity contribution < 1.29 is 4.74 Å². The summed E-state index contributed by atoms with van der Waals surface area (Å²) < 4.78 is 5.06. The van der Waals surface area contributed by atoms with Crippen LogP contribution in [-0.4, -0.2) is 13.2 Å². The van der Waals surface area contributed by atoms with Crippen molar-refractivity contribution in [3.63, 3.8) is 0 Å². The lowest BCUT2D eigenvalue weighted by Gasteiger charge is -1.94. The van der Waals surface area contributed by atoms with Crippen molar-refractivity contribution >= 4 is 0 Å². The molecule has 0 amide bonds. The summed E-state index contributed by atoms with van der Waals surface area (Å²) in [6.07, 6.45) is 5.72. The van der Waals surface area contributed by atoms with Crippen LogP contribution < -0.4 is 5.32 Å². The molecule has 1 N–H and O–H groups in total. The van der Waals surface area contributed by atoms with Crippen LogP contribution >= 0.6 is 0 Å². The summed E-state index contributed by atoms with van der Waals surface area (Å²) in [5.74, 6) is 0. The van der Waals surface area contributed by atoms with Crippen LogP contribution in [0.15, 0.2) is 24.1 Å². The molecule has 0 fully saturated rings. The molecular weight excluding hydrogens is 114 g/mol. The maximum absolute atomic E-state index is 5.06. The first kappa shape index (κ1) is 6.20. The largest absolute Gasteiger partial charge is 0.501 e. The van der Waals surface area contributed by atoms with Crippen molar-refractivity contribution in [1.82, 2.24) is 5.32 Å². The molecule has 1 rings (SSSR count). The molecule has 9 heavy (non-hydrogen) atoms. The van der Waals surface area contributed by atoms with E-state index >= 15 is 0 Å². The standard InChI is InChI=1S/C7H11NO/c1-2-9-6-7-3-4-8-5-7/h3-4,6,8H,2,5H2,1H3. The second-order valence-corrected chi connectivity index (χ2v) is 1.86. The van der Waals surface area contributed by atoms with Gasteiger partial charge in [0.15, 0.2) is 0 Å². The van der Waals surface area contributed by atoms with Crippen LogP contribution in [0.3, 0.4) is 0 Å². The molecule has 1 heterocycles. The van der Waals surface area contributed by atoms with Crippen molar-refractivity contribution in [2.45, 2.75) is 6.92 Å². The molecule has 0 saturated carbocycles. The fourth-order valence-electron chi connectivity index (χ4n) is 0.673. The van der Waals surface area contributed by atoms with Gasteiger partial charge in [0, 0.05) is 12.1 Å². The van der Waals surface area contributed by atoms with Gasteiger partial charge in [-0.05, 0) is 19.2 Å². The molecular formula is C7H11NO. The first-order valence-corrected chi connectivity index (χ1v) is 3.14. The van der Waals surface area contributed by atoms with Gasteiger partial charge < -0.3 is 10.1 Å². The second kappa shape index (κ2) is 3.17. The lowest BCUT2D eigenvalue weighted by molar-refractivity contribution is 0.266. The molecule has 0 saturated heterocycles. The Kier molecular flexibility index (Phi) is 2.19. The smallest absolute Gasteiger partial charge is 0.0879 e. The Morgan fingerprint density at radius 3 is 3.33 bits per heavy atom. The third-order valence-electron chi connectivity index (χ3n) is 1.12. The Morgan fingerprint density at radius 2 is 2.78 bits per heavy atom. The molecule has 0 spiro atoms. The molecule has 2 heteroatoms. The molecule has 0 bridgehead atoms. The summed E-state index contributed by atoms with van der Waals surface area (Å²) in [5.41, 5.74) is 1.21. The highest BCUT2D eigenvalue weighted by Crippen LogP contribution is 2.00. The van der Waals surface area contributed by atoms with Crippen molar-refractivity contribution in [2.24, 2.45) is 0 Å². The number of rotatable bonds is 2. The lowest BCUT2D eigenvalue weighted by Crippen LogP contribution is -2.00. The van der Waals surface area contributed by atoms with E-state index in [0.29, 0.717) is 0 Å². The van der Waals surface area contributed by atoms with Crippen LogP contribution in [-0.2, 0) is 4.74 Å². The van der Waals surface area contributed by atoms with Gasteiger partial charge in [-0.1, -0.05) is 0 Å². The minimum atomic E-state index is 0.747.